The monoisotopic (exact) mass is 382 g/mol. The molecule has 0 amide bonds. The highest BCUT2D eigenvalue weighted by atomic mass is 15.3. The molecule has 1 aliphatic heterocycles. The molecule has 28 heavy (non-hydrogen) atoms. The molecule has 1 unspecified atom stereocenters. The number of benzene rings is 1. The van der Waals surface area contributed by atoms with Gasteiger partial charge in [-0.3, -0.25) is 9.58 Å². The maximum Gasteiger partial charge on any atom is 0.191 e. The Morgan fingerprint density at radius 2 is 2.00 bits per heavy atom. The topological polar surface area (TPSA) is 57.5 Å². The highest BCUT2D eigenvalue weighted by Gasteiger charge is 2.19. The first kappa shape index (κ1) is 20.4. The standard InChI is InChI=1S/C22H34N6/c1-4-23-22(25-16-21-12-13-26-27(21)3)24-15-19-10-5-6-11-20(19)17-28-14-8-7-9-18(28)2/h5-6,10-13,18H,4,7-9,14-17H2,1-3H3,(H2,23,24,25). The molecule has 1 aliphatic rings. The van der Waals surface area contributed by atoms with Crippen LogP contribution in [0.1, 0.15) is 49.9 Å². The van der Waals surface area contributed by atoms with Crippen LogP contribution in [-0.2, 0) is 26.7 Å². The summed E-state index contributed by atoms with van der Waals surface area (Å²) in [4.78, 5) is 7.44. The summed E-state index contributed by atoms with van der Waals surface area (Å²) in [5.74, 6) is 0.838. The van der Waals surface area contributed by atoms with Gasteiger partial charge in [-0.15, -0.1) is 0 Å². The van der Waals surface area contributed by atoms with Crippen molar-refractivity contribution in [1.29, 1.82) is 0 Å². The number of nitrogens with zero attached hydrogens (tertiary/aromatic N) is 4. The number of nitrogens with one attached hydrogen (secondary N) is 2. The molecule has 0 radical (unpaired) electrons. The van der Waals surface area contributed by atoms with E-state index in [1.807, 2.05) is 24.0 Å². The molecular weight excluding hydrogens is 348 g/mol. The molecule has 6 nitrogen and oxygen atoms in total. The predicted molar refractivity (Wildman–Crippen MR) is 115 cm³/mol. The molecule has 3 rings (SSSR count). The van der Waals surface area contributed by atoms with Crippen LogP contribution in [0, 0.1) is 0 Å². The van der Waals surface area contributed by atoms with Gasteiger partial charge >= 0.3 is 0 Å². The van der Waals surface area contributed by atoms with Crippen molar-refractivity contribution in [2.24, 2.45) is 12.0 Å². The van der Waals surface area contributed by atoms with E-state index in [0.29, 0.717) is 19.1 Å². The Morgan fingerprint density at radius 3 is 2.71 bits per heavy atom. The van der Waals surface area contributed by atoms with Crippen LogP contribution in [0.5, 0.6) is 0 Å². The summed E-state index contributed by atoms with van der Waals surface area (Å²) in [7, 11) is 1.96. The number of hydrogen-bond donors (Lipinski definition) is 2. The van der Waals surface area contributed by atoms with Crippen molar-refractivity contribution >= 4 is 5.96 Å². The first-order valence-corrected chi connectivity index (χ1v) is 10.5. The normalized spacial score (nSPS) is 18.2. The average Bonchev–Trinajstić information content (AvgIpc) is 3.11. The predicted octanol–water partition coefficient (Wildman–Crippen LogP) is 3.05. The summed E-state index contributed by atoms with van der Waals surface area (Å²) in [5.41, 5.74) is 3.82. The van der Waals surface area contributed by atoms with Gasteiger partial charge < -0.3 is 10.6 Å². The van der Waals surface area contributed by atoms with Gasteiger partial charge in [0.25, 0.3) is 0 Å². The van der Waals surface area contributed by atoms with Gasteiger partial charge in [-0.05, 0) is 50.4 Å². The van der Waals surface area contributed by atoms with Crippen LogP contribution in [0.2, 0.25) is 0 Å². The summed E-state index contributed by atoms with van der Waals surface area (Å²) in [6.45, 7) is 8.89. The molecule has 0 spiro atoms. The molecule has 1 atom stereocenters. The highest BCUT2D eigenvalue weighted by Crippen LogP contribution is 2.21. The lowest BCUT2D eigenvalue weighted by Gasteiger charge is -2.33. The van der Waals surface area contributed by atoms with E-state index >= 15 is 0 Å². The fourth-order valence-corrected chi connectivity index (χ4v) is 3.73. The van der Waals surface area contributed by atoms with Gasteiger partial charge in [0.15, 0.2) is 5.96 Å². The van der Waals surface area contributed by atoms with Crippen LogP contribution < -0.4 is 10.6 Å². The van der Waals surface area contributed by atoms with Crippen molar-refractivity contribution in [2.45, 2.75) is 58.8 Å². The molecule has 0 aliphatic carbocycles. The van der Waals surface area contributed by atoms with E-state index in [0.717, 1.165) is 24.7 Å². The van der Waals surface area contributed by atoms with Crippen LogP contribution in [0.25, 0.3) is 0 Å². The number of hydrogen-bond acceptors (Lipinski definition) is 3. The van der Waals surface area contributed by atoms with E-state index < -0.39 is 0 Å². The number of piperidine rings is 1. The molecule has 1 aromatic heterocycles. The zero-order chi connectivity index (χ0) is 19.8. The number of guanidine groups is 1. The van der Waals surface area contributed by atoms with Gasteiger partial charge in [0, 0.05) is 32.4 Å². The Balaban J connectivity index is 1.65. The quantitative estimate of drug-likeness (QED) is 0.571. The minimum absolute atomic E-state index is 0.670. The van der Waals surface area contributed by atoms with Gasteiger partial charge in [0.05, 0.1) is 18.8 Å². The molecule has 2 aromatic rings. The molecule has 0 saturated carbocycles. The van der Waals surface area contributed by atoms with Crippen LogP contribution in [0.15, 0.2) is 41.5 Å². The SMILES string of the molecule is CCNC(=NCc1ccccc1CN1CCCCC1C)NCc1ccnn1C. The molecule has 1 fully saturated rings. The van der Waals surface area contributed by atoms with Gasteiger partial charge in [-0.25, -0.2) is 4.99 Å². The van der Waals surface area contributed by atoms with Crippen molar-refractivity contribution in [1.82, 2.24) is 25.3 Å². The van der Waals surface area contributed by atoms with Crippen molar-refractivity contribution in [3.63, 3.8) is 0 Å². The van der Waals surface area contributed by atoms with Crippen LogP contribution in [0.4, 0.5) is 0 Å². The van der Waals surface area contributed by atoms with E-state index in [-0.39, 0.29) is 0 Å². The number of rotatable bonds is 7. The largest absolute Gasteiger partial charge is 0.357 e. The van der Waals surface area contributed by atoms with E-state index in [1.165, 1.54) is 36.9 Å². The zero-order valence-corrected chi connectivity index (χ0v) is 17.5. The second-order valence-corrected chi connectivity index (χ2v) is 7.58. The number of aryl methyl sites for hydroxylation is 1. The highest BCUT2D eigenvalue weighted by molar-refractivity contribution is 5.79. The van der Waals surface area contributed by atoms with Gasteiger partial charge in [-0.1, -0.05) is 30.7 Å². The van der Waals surface area contributed by atoms with Gasteiger partial charge in [0.2, 0.25) is 0 Å². The Labute approximate surface area is 169 Å². The number of likely N-dealkylation sites (tertiary alicyclic amines) is 1. The third-order valence-corrected chi connectivity index (χ3v) is 5.54. The Morgan fingerprint density at radius 1 is 1.18 bits per heavy atom. The third kappa shape index (κ3) is 5.58. The molecule has 1 saturated heterocycles. The maximum atomic E-state index is 4.83. The first-order chi connectivity index (χ1) is 13.7. The van der Waals surface area contributed by atoms with Crippen molar-refractivity contribution in [3.05, 3.63) is 53.3 Å². The third-order valence-electron chi connectivity index (χ3n) is 5.54. The Hall–Kier alpha value is -2.34. The minimum atomic E-state index is 0.670. The molecule has 6 heteroatoms. The van der Waals surface area contributed by atoms with Crippen molar-refractivity contribution in [3.8, 4) is 0 Å². The van der Waals surface area contributed by atoms with E-state index in [9.17, 15) is 0 Å². The Bertz CT molecular complexity index is 766. The molecule has 1 aromatic carbocycles. The number of aromatic nitrogens is 2. The summed E-state index contributed by atoms with van der Waals surface area (Å²) >= 11 is 0. The average molecular weight is 383 g/mol. The van der Waals surface area contributed by atoms with Crippen molar-refractivity contribution in [2.75, 3.05) is 13.1 Å². The molecular formula is C22H34N6. The molecule has 2 heterocycles. The fraction of sp³-hybridized carbons (Fsp3) is 0.545. The molecule has 0 bridgehead atoms. The smallest absolute Gasteiger partial charge is 0.191 e. The molecule has 2 N–H and O–H groups in total. The number of aliphatic imine (C=N–C) groups is 1. The minimum Gasteiger partial charge on any atom is -0.357 e. The van der Waals surface area contributed by atoms with Gasteiger partial charge in [0.1, 0.15) is 0 Å². The molecule has 152 valence electrons. The van der Waals surface area contributed by atoms with E-state index in [4.69, 9.17) is 4.99 Å². The lowest BCUT2D eigenvalue weighted by molar-refractivity contribution is 0.152. The summed E-state index contributed by atoms with van der Waals surface area (Å²) < 4.78 is 1.88. The Kier molecular flexibility index (Phi) is 7.48. The second kappa shape index (κ2) is 10.3. The lowest BCUT2D eigenvalue weighted by Crippen LogP contribution is -2.37. The summed E-state index contributed by atoms with van der Waals surface area (Å²) in [5, 5.41) is 11.0. The lowest BCUT2D eigenvalue weighted by atomic mass is 10.0. The first-order valence-electron chi connectivity index (χ1n) is 10.5. The van der Waals surface area contributed by atoms with E-state index in [2.05, 4.69) is 58.7 Å². The van der Waals surface area contributed by atoms with Crippen LogP contribution in [-0.4, -0.2) is 39.8 Å². The summed E-state index contributed by atoms with van der Waals surface area (Å²) in [6.07, 6.45) is 5.80. The summed E-state index contributed by atoms with van der Waals surface area (Å²) in [6, 6.07) is 11.4. The van der Waals surface area contributed by atoms with Crippen molar-refractivity contribution < 1.29 is 0 Å². The maximum absolute atomic E-state index is 4.83. The van der Waals surface area contributed by atoms with E-state index in [1.54, 1.807) is 0 Å². The van der Waals surface area contributed by atoms with Crippen LogP contribution >= 0.6 is 0 Å². The van der Waals surface area contributed by atoms with Crippen LogP contribution in [0.3, 0.4) is 0 Å². The van der Waals surface area contributed by atoms with Gasteiger partial charge in [-0.2, -0.15) is 5.10 Å². The fourth-order valence-electron chi connectivity index (χ4n) is 3.73. The zero-order valence-electron chi connectivity index (χ0n) is 17.5. The second-order valence-electron chi connectivity index (χ2n) is 7.58.